The molecule has 2 heterocycles. The molecule has 0 aliphatic carbocycles. The fourth-order valence-electron chi connectivity index (χ4n) is 2.62. The van der Waals surface area contributed by atoms with E-state index in [9.17, 15) is 14.9 Å². The van der Waals surface area contributed by atoms with Gasteiger partial charge in [-0.1, -0.05) is 0 Å². The zero-order chi connectivity index (χ0) is 13.9. The van der Waals surface area contributed by atoms with Gasteiger partial charge in [-0.05, 0) is 12.8 Å². The van der Waals surface area contributed by atoms with E-state index in [0.717, 1.165) is 0 Å². The second-order valence-corrected chi connectivity index (χ2v) is 5.10. The number of nitriles is 1. The Bertz CT molecular complexity index is 402. The number of hydrogen-bond donors (Lipinski definition) is 0. The monoisotopic (exact) mass is 265 g/mol. The molecule has 104 valence electrons. The lowest BCUT2D eigenvalue weighted by atomic mass is 9.80. The molecule has 0 saturated carbocycles. The Morgan fingerprint density at radius 3 is 2.11 bits per heavy atom. The second kappa shape index (κ2) is 5.57. The molecule has 0 radical (unpaired) electrons. The number of rotatable bonds is 1. The zero-order valence-corrected chi connectivity index (χ0v) is 11.2. The molecule has 6 heteroatoms. The first-order valence-electron chi connectivity index (χ1n) is 6.63. The van der Waals surface area contributed by atoms with Crippen LogP contribution in [-0.2, 0) is 14.3 Å². The minimum Gasteiger partial charge on any atom is -0.381 e. The highest BCUT2D eigenvalue weighted by Crippen LogP contribution is 2.32. The van der Waals surface area contributed by atoms with Crippen molar-refractivity contribution in [1.29, 1.82) is 5.26 Å². The number of hydrogen-bond acceptors (Lipinski definition) is 4. The molecule has 19 heavy (non-hydrogen) atoms. The maximum absolute atomic E-state index is 12.5. The predicted molar refractivity (Wildman–Crippen MR) is 66.9 cm³/mol. The van der Waals surface area contributed by atoms with E-state index in [2.05, 4.69) is 6.07 Å². The molecule has 2 aliphatic rings. The van der Waals surface area contributed by atoms with Crippen molar-refractivity contribution in [3.63, 3.8) is 0 Å². The van der Waals surface area contributed by atoms with Crippen LogP contribution in [0.1, 0.15) is 19.8 Å². The molecule has 2 aliphatic heterocycles. The number of piperazine rings is 1. The van der Waals surface area contributed by atoms with Crippen LogP contribution in [0.2, 0.25) is 0 Å². The Labute approximate surface area is 112 Å². The van der Waals surface area contributed by atoms with Crippen LogP contribution >= 0.6 is 0 Å². The second-order valence-electron chi connectivity index (χ2n) is 5.10. The van der Waals surface area contributed by atoms with E-state index in [-0.39, 0.29) is 11.8 Å². The SMILES string of the molecule is CC(=O)N1CCN(C(=O)C2(C#N)CCOCC2)CC1. The van der Waals surface area contributed by atoms with Gasteiger partial charge in [-0.15, -0.1) is 0 Å². The van der Waals surface area contributed by atoms with E-state index < -0.39 is 5.41 Å². The van der Waals surface area contributed by atoms with Crippen LogP contribution in [0.3, 0.4) is 0 Å². The first kappa shape index (κ1) is 13.8. The van der Waals surface area contributed by atoms with Crippen LogP contribution in [0.25, 0.3) is 0 Å². The topological polar surface area (TPSA) is 73.6 Å². The third kappa shape index (κ3) is 2.71. The Balaban J connectivity index is 2.00. The summed E-state index contributed by atoms with van der Waals surface area (Å²) in [6.07, 6.45) is 0.935. The Morgan fingerprint density at radius 2 is 1.63 bits per heavy atom. The first-order valence-corrected chi connectivity index (χ1v) is 6.63. The van der Waals surface area contributed by atoms with E-state index in [1.54, 1.807) is 9.80 Å². The molecule has 2 rings (SSSR count). The maximum Gasteiger partial charge on any atom is 0.243 e. The molecule has 0 spiro atoms. The van der Waals surface area contributed by atoms with Crippen LogP contribution in [0.5, 0.6) is 0 Å². The van der Waals surface area contributed by atoms with Crippen molar-refractivity contribution in [1.82, 2.24) is 9.80 Å². The van der Waals surface area contributed by atoms with E-state index in [1.165, 1.54) is 6.92 Å². The molecule has 2 fully saturated rings. The lowest BCUT2D eigenvalue weighted by Crippen LogP contribution is -2.54. The van der Waals surface area contributed by atoms with Crippen molar-refractivity contribution in [2.45, 2.75) is 19.8 Å². The lowest BCUT2D eigenvalue weighted by molar-refractivity contribution is -0.147. The summed E-state index contributed by atoms with van der Waals surface area (Å²) in [5.41, 5.74) is -0.920. The smallest absolute Gasteiger partial charge is 0.243 e. The Kier molecular flexibility index (Phi) is 4.05. The third-order valence-corrected chi connectivity index (χ3v) is 3.98. The molecule has 0 aromatic heterocycles. The maximum atomic E-state index is 12.5. The minimum atomic E-state index is -0.920. The van der Waals surface area contributed by atoms with Gasteiger partial charge in [0.1, 0.15) is 5.41 Å². The van der Waals surface area contributed by atoms with E-state index in [0.29, 0.717) is 52.2 Å². The predicted octanol–water partition coefficient (Wildman–Crippen LogP) is -0.00252. The van der Waals surface area contributed by atoms with Gasteiger partial charge in [0, 0.05) is 46.3 Å². The summed E-state index contributed by atoms with van der Waals surface area (Å²) in [6, 6.07) is 2.20. The molecule has 0 bridgehead atoms. The molecule has 0 aromatic carbocycles. The molecule has 2 amide bonds. The normalized spacial score (nSPS) is 22.7. The van der Waals surface area contributed by atoms with Crippen molar-refractivity contribution in [3.8, 4) is 6.07 Å². The van der Waals surface area contributed by atoms with Crippen molar-refractivity contribution >= 4 is 11.8 Å². The summed E-state index contributed by atoms with van der Waals surface area (Å²) in [5.74, 6) is -0.0605. The van der Waals surface area contributed by atoms with Gasteiger partial charge in [-0.3, -0.25) is 9.59 Å². The molecule has 2 saturated heterocycles. The molecular formula is C13H19N3O3. The summed E-state index contributed by atoms with van der Waals surface area (Å²) >= 11 is 0. The number of ether oxygens (including phenoxy) is 1. The lowest BCUT2D eigenvalue weighted by Gasteiger charge is -2.39. The van der Waals surface area contributed by atoms with Crippen molar-refractivity contribution in [2.24, 2.45) is 5.41 Å². The first-order chi connectivity index (χ1) is 9.09. The summed E-state index contributed by atoms with van der Waals surface area (Å²) < 4.78 is 5.24. The molecular weight excluding hydrogens is 246 g/mol. The van der Waals surface area contributed by atoms with Crippen LogP contribution in [0, 0.1) is 16.7 Å². The standard InChI is InChI=1S/C13H19N3O3/c1-11(17)15-4-6-16(7-5-15)12(18)13(10-14)2-8-19-9-3-13/h2-9H2,1H3. The quantitative estimate of drug-likeness (QED) is 0.669. The van der Waals surface area contributed by atoms with Gasteiger partial charge in [0.05, 0.1) is 6.07 Å². The number of nitrogens with zero attached hydrogens (tertiary/aromatic N) is 3. The summed E-state index contributed by atoms with van der Waals surface area (Å²) in [6.45, 7) is 4.61. The number of amides is 2. The highest BCUT2D eigenvalue weighted by molar-refractivity contribution is 5.86. The molecule has 6 nitrogen and oxygen atoms in total. The third-order valence-electron chi connectivity index (χ3n) is 3.98. The molecule has 0 atom stereocenters. The summed E-state index contributed by atoms with van der Waals surface area (Å²) in [4.78, 5) is 27.2. The fourth-order valence-corrected chi connectivity index (χ4v) is 2.62. The molecule has 0 unspecified atom stereocenters. The van der Waals surface area contributed by atoms with Gasteiger partial charge >= 0.3 is 0 Å². The highest BCUT2D eigenvalue weighted by atomic mass is 16.5. The van der Waals surface area contributed by atoms with Crippen LogP contribution in [0.4, 0.5) is 0 Å². The van der Waals surface area contributed by atoms with Crippen molar-refractivity contribution in [2.75, 3.05) is 39.4 Å². The molecule has 0 N–H and O–H groups in total. The van der Waals surface area contributed by atoms with Crippen LogP contribution in [0.15, 0.2) is 0 Å². The van der Waals surface area contributed by atoms with E-state index >= 15 is 0 Å². The van der Waals surface area contributed by atoms with E-state index in [4.69, 9.17) is 4.74 Å². The zero-order valence-electron chi connectivity index (χ0n) is 11.2. The average molecular weight is 265 g/mol. The highest BCUT2D eigenvalue weighted by Gasteiger charge is 2.43. The fraction of sp³-hybridized carbons (Fsp3) is 0.769. The van der Waals surface area contributed by atoms with Crippen molar-refractivity contribution in [3.05, 3.63) is 0 Å². The van der Waals surface area contributed by atoms with Crippen LogP contribution < -0.4 is 0 Å². The summed E-state index contributed by atoms with van der Waals surface area (Å²) in [5, 5.41) is 9.37. The average Bonchev–Trinajstić information content (AvgIpc) is 2.47. The summed E-state index contributed by atoms with van der Waals surface area (Å²) in [7, 11) is 0. The van der Waals surface area contributed by atoms with Gasteiger partial charge < -0.3 is 14.5 Å². The van der Waals surface area contributed by atoms with Gasteiger partial charge in [-0.2, -0.15) is 5.26 Å². The Hall–Kier alpha value is -1.61. The van der Waals surface area contributed by atoms with E-state index in [1.807, 2.05) is 0 Å². The molecule has 0 aromatic rings. The number of carbonyl (C=O) groups is 2. The largest absolute Gasteiger partial charge is 0.381 e. The Morgan fingerprint density at radius 1 is 1.11 bits per heavy atom. The van der Waals surface area contributed by atoms with Crippen molar-refractivity contribution < 1.29 is 14.3 Å². The van der Waals surface area contributed by atoms with Crippen LogP contribution in [-0.4, -0.2) is 61.0 Å². The van der Waals surface area contributed by atoms with Gasteiger partial charge in [0.2, 0.25) is 11.8 Å². The van der Waals surface area contributed by atoms with Gasteiger partial charge in [0.25, 0.3) is 0 Å². The number of carbonyl (C=O) groups excluding carboxylic acids is 2. The van der Waals surface area contributed by atoms with Gasteiger partial charge in [-0.25, -0.2) is 0 Å². The van der Waals surface area contributed by atoms with Gasteiger partial charge in [0.15, 0.2) is 0 Å². The minimum absolute atomic E-state index is 0.0353.